The van der Waals surface area contributed by atoms with E-state index in [2.05, 4.69) is 24.9 Å². The van der Waals surface area contributed by atoms with Crippen LogP contribution in [0.5, 0.6) is 0 Å². The van der Waals surface area contributed by atoms with Crippen molar-refractivity contribution in [2.75, 3.05) is 0 Å². The van der Waals surface area contributed by atoms with Gasteiger partial charge in [-0.1, -0.05) is 19.1 Å². The van der Waals surface area contributed by atoms with Gasteiger partial charge in [0, 0.05) is 49.9 Å². The van der Waals surface area contributed by atoms with Gasteiger partial charge in [-0.3, -0.25) is 9.97 Å². The van der Waals surface area contributed by atoms with Gasteiger partial charge in [0.25, 0.3) is 0 Å². The molecule has 158 valence electrons. The second-order valence-corrected chi connectivity index (χ2v) is 6.85. The first-order chi connectivity index (χ1) is 14.9. The molecule has 0 saturated heterocycles. The fourth-order valence-electron chi connectivity index (χ4n) is 2.88. The van der Waals surface area contributed by atoms with Gasteiger partial charge in [0.05, 0.1) is 17.0 Å². The van der Waals surface area contributed by atoms with Crippen LogP contribution < -0.4 is 5.73 Å². The molecule has 2 aromatic heterocycles. The topological polar surface area (TPSA) is 127 Å². The van der Waals surface area contributed by atoms with Crippen LogP contribution in [0.1, 0.15) is 35.6 Å². The van der Waals surface area contributed by atoms with Crippen molar-refractivity contribution in [2.24, 2.45) is 10.7 Å². The van der Waals surface area contributed by atoms with Crippen molar-refractivity contribution < 1.29 is 14.3 Å². The van der Waals surface area contributed by atoms with Crippen LogP contribution >= 0.6 is 0 Å². The van der Waals surface area contributed by atoms with Gasteiger partial charge < -0.3 is 10.8 Å². The van der Waals surface area contributed by atoms with Crippen LogP contribution in [0.25, 0.3) is 0 Å². The first-order valence-electron chi connectivity index (χ1n) is 9.51. The lowest BCUT2D eigenvalue weighted by Gasteiger charge is -2.12. The number of carboxylic acids is 1. The van der Waals surface area contributed by atoms with Crippen molar-refractivity contribution >= 4 is 18.0 Å². The maximum Gasteiger partial charge on any atom is 0.338 e. The monoisotopic (exact) mass is 420 g/mol. The van der Waals surface area contributed by atoms with Crippen molar-refractivity contribution in [1.82, 2.24) is 19.9 Å². The first kappa shape index (κ1) is 21.7. The van der Waals surface area contributed by atoms with Gasteiger partial charge in [-0.2, -0.15) is 0 Å². The Hall–Kier alpha value is -4.01. The second kappa shape index (κ2) is 10.1. The van der Waals surface area contributed by atoms with Crippen molar-refractivity contribution in [1.29, 1.82) is 0 Å². The van der Waals surface area contributed by atoms with Crippen LogP contribution in [-0.4, -0.2) is 37.2 Å². The number of halogens is 1. The van der Waals surface area contributed by atoms with Gasteiger partial charge in [-0.25, -0.2) is 24.1 Å². The molecular formula is C22H21FN6O2. The third-order valence-electron chi connectivity index (χ3n) is 4.48. The molecule has 3 rings (SSSR count). The lowest BCUT2D eigenvalue weighted by atomic mass is 9.97. The maximum absolute atomic E-state index is 13.2. The quantitative estimate of drug-likeness (QED) is 0.423. The highest BCUT2D eigenvalue weighted by molar-refractivity contribution is 6.08. The molecule has 0 saturated carbocycles. The molecule has 0 radical (unpaired) electrons. The smallest absolute Gasteiger partial charge is 0.338 e. The summed E-state index contributed by atoms with van der Waals surface area (Å²) in [7, 11) is 0. The fourth-order valence-corrected chi connectivity index (χ4v) is 2.88. The molecule has 9 heteroatoms. The average Bonchev–Trinajstić information content (AvgIpc) is 2.75. The van der Waals surface area contributed by atoms with E-state index in [0.717, 1.165) is 23.7 Å². The first-order valence-corrected chi connectivity index (χ1v) is 9.51. The zero-order valence-corrected chi connectivity index (χ0v) is 16.8. The molecule has 2 heterocycles. The Balaban J connectivity index is 1.90. The minimum absolute atomic E-state index is 0.0303. The normalized spacial score (nSPS) is 12.8. The summed E-state index contributed by atoms with van der Waals surface area (Å²) in [5.41, 5.74) is 7.52. The van der Waals surface area contributed by atoms with E-state index in [4.69, 9.17) is 10.8 Å². The molecule has 3 aromatic rings. The number of benzene rings is 1. The van der Waals surface area contributed by atoms with Crippen molar-refractivity contribution in [3.63, 3.8) is 0 Å². The number of rotatable bonds is 8. The van der Waals surface area contributed by atoms with Gasteiger partial charge in [0.1, 0.15) is 11.6 Å². The SMILES string of the molecule is C[C@H](Cc1nc(Cc2cnccn2)cc(N=CC(=CN)C(=O)O)n1)c1ccc(F)cc1. The number of carboxylic acid groups (broad SMARTS) is 1. The molecule has 0 fully saturated rings. The number of hydrogen-bond acceptors (Lipinski definition) is 7. The van der Waals surface area contributed by atoms with E-state index < -0.39 is 5.97 Å². The third kappa shape index (κ3) is 6.23. The van der Waals surface area contributed by atoms with Gasteiger partial charge >= 0.3 is 5.97 Å². The highest BCUT2D eigenvalue weighted by Gasteiger charge is 2.12. The van der Waals surface area contributed by atoms with Gasteiger partial charge in [0.2, 0.25) is 0 Å². The molecule has 0 spiro atoms. The summed E-state index contributed by atoms with van der Waals surface area (Å²) in [5, 5.41) is 9.11. The molecule has 0 aliphatic heterocycles. The standard InChI is InChI=1S/C22H21FN6O2/c1-14(15-2-4-17(23)5-3-15)8-21-28-18(9-19-13-25-6-7-26-19)10-20(29-21)27-12-16(11-24)22(30)31/h2-7,10-14H,8-9,24H2,1H3,(H,30,31)/t14-/m1/s1. The summed E-state index contributed by atoms with van der Waals surface area (Å²) >= 11 is 0. The summed E-state index contributed by atoms with van der Waals surface area (Å²) in [5.74, 6) is -0.625. The summed E-state index contributed by atoms with van der Waals surface area (Å²) in [6, 6.07) is 7.95. The van der Waals surface area contributed by atoms with E-state index in [1.165, 1.54) is 12.1 Å². The van der Waals surface area contributed by atoms with Crippen molar-refractivity contribution in [3.05, 3.63) is 89.3 Å². The molecule has 0 aliphatic carbocycles. The molecule has 0 aliphatic rings. The van der Waals surface area contributed by atoms with Gasteiger partial charge in [-0.15, -0.1) is 0 Å². The highest BCUT2D eigenvalue weighted by Crippen LogP contribution is 2.21. The molecule has 1 aromatic carbocycles. The van der Waals surface area contributed by atoms with E-state index >= 15 is 0 Å². The Morgan fingerprint density at radius 2 is 2.00 bits per heavy atom. The largest absolute Gasteiger partial charge is 0.478 e. The summed E-state index contributed by atoms with van der Waals surface area (Å²) < 4.78 is 13.2. The number of aliphatic imine (C=N–C) groups is 1. The summed E-state index contributed by atoms with van der Waals surface area (Å²) in [6.45, 7) is 1.99. The van der Waals surface area contributed by atoms with E-state index in [9.17, 15) is 9.18 Å². The second-order valence-electron chi connectivity index (χ2n) is 6.85. The Labute approximate surface area is 178 Å². The number of nitrogens with zero attached hydrogens (tertiary/aromatic N) is 5. The van der Waals surface area contributed by atoms with Crippen LogP contribution in [0.4, 0.5) is 10.2 Å². The fraction of sp³-hybridized carbons (Fsp3) is 0.182. The number of nitrogens with two attached hydrogens (primary N) is 1. The Bertz CT molecular complexity index is 1100. The average molecular weight is 420 g/mol. The maximum atomic E-state index is 13.2. The van der Waals surface area contributed by atoms with Crippen molar-refractivity contribution in [2.45, 2.75) is 25.7 Å². The zero-order chi connectivity index (χ0) is 22.2. The summed E-state index contributed by atoms with van der Waals surface area (Å²) in [6.07, 6.45) is 7.83. The van der Waals surface area contributed by atoms with Crippen LogP contribution in [-0.2, 0) is 17.6 Å². The lowest BCUT2D eigenvalue weighted by Crippen LogP contribution is -2.07. The van der Waals surface area contributed by atoms with E-state index in [0.29, 0.717) is 30.2 Å². The van der Waals surface area contributed by atoms with E-state index in [1.54, 1.807) is 36.8 Å². The van der Waals surface area contributed by atoms with Crippen LogP contribution in [0.3, 0.4) is 0 Å². The van der Waals surface area contributed by atoms with Crippen molar-refractivity contribution in [3.8, 4) is 0 Å². The zero-order valence-electron chi connectivity index (χ0n) is 16.8. The lowest BCUT2D eigenvalue weighted by molar-refractivity contribution is -0.132. The molecule has 0 bridgehead atoms. The number of carbonyl (C=O) groups is 1. The predicted molar refractivity (Wildman–Crippen MR) is 113 cm³/mol. The van der Waals surface area contributed by atoms with E-state index in [-0.39, 0.29) is 17.3 Å². The van der Waals surface area contributed by atoms with Gasteiger partial charge in [0.15, 0.2) is 5.82 Å². The molecular weight excluding hydrogens is 399 g/mol. The van der Waals surface area contributed by atoms with Crippen LogP contribution in [0.15, 0.2) is 65.7 Å². The molecule has 0 amide bonds. The molecule has 3 N–H and O–H groups in total. The Kier molecular flexibility index (Phi) is 7.10. The number of aliphatic carboxylic acids is 1. The number of hydrogen-bond donors (Lipinski definition) is 2. The van der Waals surface area contributed by atoms with E-state index in [1.807, 2.05) is 6.92 Å². The van der Waals surface area contributed by atoms with Gasteiger partial charge in [-0.05, 0) is 23.6 Å². The predicted octanol–water partition coefficient (Wildman–Crippen LogP) is 2.97. The minimum Gasteiger partial charge on any atom is -0.478 e. The molecule has 8 nitrogen and oxygen atoms in total. The highest BCUT2D eigenvalue weighted by atomic mass is 19.1. The molecule has 0 unspecified atom stereocenters. The summed E-state index contributed by atoms with van der Waals surface area (Å²) in [4.78, 5) is 32.7. The Morgan fingerprint density at radius 3 is 2.65 bits per heavy atom. The molecule has 31 heavy (non-hydrogen) atoms. The number of aromatic nitrogens is 4. The molecule has 1 atom stereocenters. The Morgan fingerprint density at radius 1 is 1.23 bits per heavy atom. The van der Waals surface area contributed by atoms with Crippen LogP contribution in [0, 0.1) is 5.82 Å². The van der Waals surface area contributed by atoms with Crippen LogP contribution in [0.2, 0.25) is 0 Å². The minimum atomic E-state index is -1.19. The third-order valence-corrected chi connectivity index (χ3v) is 4.48.